The first-order valence-electron chi connectivity index (χ1n) is 10.4. The predicted molar refractivity (Wildman–Crippen MR) is 95.0 cm³/mol. The Labute approximate surface area is 167 Å². The molecule has 1 spiro atoms. The highest BCUT2D eigenvalue weighted by molar-refractivity contribution is 5.83. The molecule has 8 heteroatoms. The van der Waals surface area contributed by atoms with Gasteiger partial charge in [0.05, 0.1) is 12.0 Å². The van der Waals surface area contributed by atoms with E-state index >= 15 is 0 Å². The number of carbonyl (C=O) groups is 2. The fourth-order valence-electron chi connectivity index (χ4n) is 5.78. The van der Waals surface area contributed by atoms with Crippen molar-refractivity contribution in [2.75, 3.05) is 0 Å². The van der Waals surface area contributed by atoms with Crippen LogP contribution >= 0.6 is 0 Å². The minimum absolute atomic E-state index is 0.194. The molecule has 3 aliphatic carbocycles. The number of ether oxygens (including phenoxy) is 5. The molecular weight excluding hydrogens is 380 g/mol. The summed E-state index contributed by atoms with van der Waals surface area (Å²) < 4.78 is 29.1. The van der Waals surface area contributed by atoms with Crippen LogP contribution in [0.15, 0.2) is 24.3 Å². The van der Waals surface area contributed by atoms with Gasteiger partial charge in [0.1, 0.15) is 6.10 Å². The summed E-state index contributed by atoms with van der Waals surface area (Å²) in [5, 5.41) is 10.1. The summed E-state index contributed by atoms with van der Waals surface area (Å²) in [6, 6.07) is 0. The molecular formula is C21H24O8. The number of esters is 2. The Kier molecular flexibility index (Phi) is 3.82. The lowest BCUT2D eigenvalue weighted by Gasteiger charge is -2.37. The van der Waals surface area contributed by atoms with Crippen molar-refractivity contribution in [2.24, 2.45) is 17.8 Å². The van der Waals surface area contributed by atoms with E-state index in [-0.39, 0.29) is 17.8 Å². The average molecular weight is 404 g/mol. The van der Waals surface area contributed by atoms with E-state index < -0.39 is 48.6 Å². The molecule has 6 aliphatic rings. The van der Waals surface area contributed by atoms with Gasteiger partial charge in [0.2, 0.25) is 6.10 Å². The van der Waals surface area contributed by atoms with Gasteiger partial charge in [-0.3, -0.25) is 4.79 Å². The number of aliphatic hydroxyl groups excluding tert-OH is 1. The zero-order valence-corrected chi connectivity index (χ0v) is 15.9. The van der Waals surface area contributed by atoms with E-state index in [2.05, 4.69) is 18.7 Å². The van der Waals surface area contributed by atoms with Crippen LogP contribution in [-0.2, 0) is 33.3 Å². The third-order valence-corrected chi connectivity index (χ3v) is 7.32. The molecule has 156 valence electrons. The van der Waals surface area contributed by atoms with E-state index in [0.717, 1.165) is 19.3 Å². The van der Waals surface area contributed by atoms with Crippen molar-refractivity contribution in [3.8, 4) is 0 Å². The summed E-state index contributed by atoms with van der Waals surface area (Å²) in [6.45, 7) is 3.94. The van der Waals surface area contributed by atoms with Crippen molar-refractivity contribution in [1.29, 1.82) is 0 Å². The molecule has 0 radical (unpaired) electrons. The maximum atomic E-state index is 12.7. The number of fused-ring (bicyclic) bond motifs is 5. The molecule has 0 amide bonds. The Morgan fingerprint density at radius 2 is 2.07 bits per heavy atom. The summed E-state index contributed by atoms with van der Waals surface area (Å²) in [5.41, 5.74) is 0.468. The highest BCUT2D eigenvalue weighted by Crippen LogP contribution is 2.50. The number of hydrogen-bond donors (Lipinski definition) is 1. The van der Waals surface area contributed by atoms with Gasteiger partial charge in [0.25, 0.3) is 0 Å². The van der Waals surface area contributed by atoms with Gasteiger partial charge < -0.3 is 28.8 Å². The number of rotatable bonds is 2. The van der Waals surface area contributed by atoms with Gasteiger partial charge in [-0.2, -0.15) is 0 Å². The van der Waals surface area contributed by atoms with Crippen molar-refractivity contribution >= 4 is 11.9 Å². The molecule has 29 heavy (non-hydrogen) atoms. The van der Waals surface area contributed by atoms with Crippen LogP contribution in [0.5, 0.6) is 0 Å². The van der Waals surface area contributed by atoms with Crippen LogP contribution in [0.1, 0.15) is 32.1 Å². The van der Waals surface area contributed by atoms with E-state index in [9.17, 15) is 14.7 Å². The van der Waals surface area contributed by atoms with Crippen LogP contribution in [0.25, 0.3) is 0 Å². The number of allylic oxidation sites excluding steroid dienone is 2. The second-order valence-corrected chi connectivity index (χ2v) is 9.00. The van der Waals surface area contributed by atoms with Crippen LogP contribution < -0.4 is 0 Å². The minimum Gasteiger partial charge on any atom is -0.454 e. The lowest BCUT2D eigenvalue weighted by Crippen LogP contribution is -2.45. The van der Waals surface area contributed by atoms with E-state index in [0.29, 0.717) is 24.3 Å². The normalized spacial score (nSPS) is 52.1. The Bertz CT molecular complexity index is 807. The quantitative estimate of drug-likeness (QED) is 0.537. The first kappa shape index (κ1) is 18.1. The van der Waals surface area contributed by atoms with Crippen LogP contribution in [0.3, 0.4) is 0 Å². The first-order valence-corrected chi connectivity index (χ1v) is 10.4. The lowest BCUT2D eigenvalue weighted by molar-refractivity contribution is -0.229. The highest BCUT2D eigenvalue weighted by Gasteiger charge is 2.67. The van der Waals surface area contributed by atoms with Gasteiger partial charge in [-0.1, -0.05) is 18.7 Å². The van der Waals surface area contributed by atoms with Crippen molar-refractivity contribution in [3.63, 3.8) is 0 Å². The van der Waals surface area contributed by atoms with Crippen LogP contribution in [0, 0.1) is 17.8 Å². The van der Waals surface area contributed by atoms with Gasteiger partial charge in [-0.25, -0.2) is 4.79 Å². The first-order chi connectivity index (χ1) is 13.9. The summed E-state index contributed by atoms with van der Waals surface area (Å²) in [6.07, 6.45) is 3.18. The second kappa shape index (κ2) is 6.14. The Morgan fingerprint density at radius 1 is 1.21 bits per heavy atom. The van der Waals surface area contributed by atoms with E-state index in [1.807, 2.05) is 0 Å². The molecule has 8 nitrogen and oxygen atoms in total. The molecule has 0 aromatic rings. The fraction of sp³-hybridized carbons (Fsp3) is 0.714. The van der Waals surface area contributed by atoms with Gasteiger partial charge in [0, 0.05) is 12.0 Å². The third kappa shape index (κ3) is 2.52. The Hall–Kier alpha value is -1.74. The summed E-state index contributed by atoms with van der Waals surface area (Å²) in [4.78, 5) is 25.1. The molecule has 0 aromatic heterocycles. The van der Waals surface area contributed by atoms with Crippen LogP contribution in [0.4, 0.5) is 0 Å². The smallest absolute Gasteiger partial charge is 0.350 e. The molecule has 10 atom stereocenters. The fourth-order valence-corrected chi connectivity index (χ4v) is 5.78. The van der Waals surface area contributed by atoms with Crippen molar-refractivity contribution < 1.29 is 38.4 Å². The van der Waals surface area contributed by atoms with Crippen molar-refractivity contribution in [1.82, 2.24) is 0 Å². The van der Waals surface area contributed by atoms with E-state index in [1.165, 1.54) is 0 Å². The number of hydrogen-bond acceptors (Lipinski definition) is 8. The summed E-state index contributed by atoms with van der Waals surface area (Å²) >= 11 is 0. The molecule has 3 aliphatic heterocycles. The second-order valence-electron chi connectivity index (χ2n) is 9.00. The molecule has 1 N–H and O–H groups in total. The van der Waals surface area contributed by atoms with Crippen molar-refractivity contribution in [3.05, 3.63) is 24.3 Å². The molecule has 0 aromatic carbocycles. The van der Waals surface area contributed by atoms with Crippen LogP contribution in [0.2, 0.25) is 0 Å². The molecule has 10 unspecified atom stereocenters. The number of aliphatic hydroxyl groups is 1. The molecule has 3 heterocycles. The molecule has 2 saturated carbocycles. The Morgan fingerprint density at radius 3 is 2.83 bits per heavy atom. The molecule has 3 saturated heterocycles. The van der Waals surface area contributed by atoms with Crippen molar-refractivity contribution in [2.45, 2.75) is 74.7 Å². The Balaban J connectivity index is 1.16. The average Bonchev–Trinajstić information content (AvgIpc) is 3.48. The van der Waals surface area contributed by atoms with Gasteiger partial charge in [-0.15, -0.1) is 0 Å². The highest BCUT2D eigenvalue weighted by atomic mass is 16.9. The van der Waals surface area contributed by atoms with Crippen LogP contribution in [-0.4, -0.2) is 59.6 Å². The zero-order valence-electron chi connectivity index (χ0n) is 15.9. The lowest BCUT2D eigenvalue weighted by atomic mass is 9.87. The number of carbonyl (C=O) groups excluding carboxylic acids is 2. The maximum absolute atomic E-state index is 12.7. The van der Waals surface area contributed by atoms with E-state index in [1.54, 1.807) is 0 Å². The zero-order chi connectivity index (χ0) is 19.9. The molecule has 6 rings (SSSR count). The monoisotopic (exact) mass is 404 g/mol. The summed E-state index contributed by atoms with van der Waals surface area (Å²) in [7, 11) is 0. The molecule has 2 bridgehead atoms. The van der Waals surface area contributed by atoms with Gasteiger partial charge in [-0.05, 0) is 37.5 Å². The van der Waals surface area contributed by atoms with Gasteiger partial charge in [0.15, 0.2) is 24.3 Å². The van der Waals surface area contributed by atoms with E-state index in [4.69, 9.17) is 23.7 Å². The van der Waals surface area contributed by atoms with Gasteiger partial charge >= 0.3 is 11.9 Å². The minimum atomic E-state index is -1.12. The SMILES string of the molecule is C=C1C(O)CCCC12OC1OC3C(OC(=O)C4CC5C=CC4C5)C(=O)OC3C1O2. The predicted octanol–water partition coefficient (Wildman–Crippen LogP) is 0.973. The topological polar surface area (TPSA) is 101 Å². The summed E-state index contributed by atoms with van der Waals surface area (Å²) in [5.74, 6) is -1.68. The molecule has 5 fully saturated rings. The maximum Gasteiger partial charge on any atom is 0.350 e. The standard InChI is InChI=1S/C21H24O8/c1-9-13(22)3-2-6-21(9)28-17-15-14(27-20(17)29-21)16(19(24)25-15)26-18(23)12-8-10-4-5-11(12)7-10/h4-5,10-17,20,22H,1-3,6-8H2. The third-order valence-electron chi connectivity index (χ3n) is 7.32. The largest absolute Gasteiger partial charge is 0.454 e.